The third-order valence-corrected chi connectivity index (χ3v) is 4.68. The molecule has 25 heavy (non-hydrogen) atoms. The number of nitrogens with zero attached hydrogens (tertiary/aromatic N) is 1. The molecular formula is C18H23NO6. The summed E-state index contributed by atoms with van der Waals surface area (Å²) in [6, 6.07) is 5.96. The van der Waals surface area contributed by atoms with E-state index < -0.39 is 12.0 Å². The monoisotopic (exact) mass is 349 g/mol. The Morgan fingerprint density at radius 3 is 2.92 bits per heavy atom. The van der Waals surface area contributed by atoms with Crippen LogP contribution in [0.15, 0.2) is 24.3 Å². The fourth-order valence-corrected chi connectivity index (χ4v) is 3.28. The molecule has 2 aliphatic rings. The van der Waals surface area contributed by atoms with Crippen molar-refractivity contribution in [1.82, 2.24) is 4.90 Å². The van der Waals surface area contributed by atoms with Crippen molar-refractivity contribution in [2.75, 3.05) is 26.9 Å². The van der Waals surface area contributed by atoms with Gasteiger partial charge in [0.1, 0.15) is 18.4 Å². The zero-order valence-electron chi connectivity index (χ0n) is 14.2. The van der Waals surface area contributed by atoms with E-state index in [1.54, 1.807) is 24.3 Å². The summed E-state index contributed by atoms with van der Waals surface area (Å²) in [5, 5.41) is 9.36. The quantitative estimate of drug-likeness (QED) is 0.839. The van der Waals surface area contributed by atoms with E-state index in [-0.39, 0.29) is 24.7 Å². The second kappa shape index (κ2) is 7.84. The van der Waals surface area contributed by atoms with Crippen LogP contribution in [0.3, 0.4) is 0 Å². The van der Waals surface area contributed by atoms with Crippen LogP contribution in [-0.2, 0) is 14.3 Å². The van der Waals surface area contributed by atoms with Crippen molar-refractivity contribution in [3.63, 3.8) is 0 Å². The Bertz CT molecular complexity index is 628. The number of rotatable bonds is 6. The molecule has 2 heterocycles. The SMILES string of the molecule is COC1CC(C(=O)O)N(C(=O)c2cccc(OCC3CCCO3)c2)C1. The van der Waals surface area contributed by atoms with Gasteiger partial charge in [-0.25, -0.2) is 4.79 Å². The zero-order valence-corrected chi connectivity index (χ0v) is 14.2. The summed E-state index contributed by atoms with van der Waals surface area (Å²) in [5.41, 5.74) is 0.410. The van der Waals surface area contributed by atoms with E-state index in [0.29, 0.717) is 24.3 Å². The first-order valence-electron chi connectivity index (χ1n) is 8.49. The molecule has 7 heteroatoms. The molecule has 3 unspecified atom stereocenters. The summed E-state index contributed by atoms with van der Waals surface area (Å²) in [4.78, 5) is 25.6. The standard InChI is InChI=1S/C18H23NO6/c1-23-15-9-16(18(21)22)19(10-15)17(20)12-4-2-5-13(8-12)25-11-14-6-3-7-24-14/h2,4-5,8,14-16H,3,6-7,9-11H2,1H3,(H,21,22). The van der Waals surface area contributed by atoms with Gasteiger partial charge in [-0.05, 0) is 31.0 Å². The van der Waals surface area contributed by atoms with Crippen LogP contribution >= 0.6 is 0 Å². The average molecular weight is 349 g/mol. The minimum absolute atomic E-state index is 0.0943. The number of carbonyl (C=O) groups is 2. The van der Waals surface area contributed by atoms with Gasteiger partial charge in [-0.2, -0.15) is 0 Å². The molecule has 7 nitrogen and oxygen atoms in total. The van der Waals surface area contributed by atoms with Crippen molar-refractivity contribution in [3.05, 3.63) is 29.8 Å². The van der Waals surface area contributed by atoms with E-state index in [1.165, 1.54) is 12.0 Å². The van der Waals surface area contributed by atoms with Gasteiger partial charge >= 0.3 is 5.97 Å². The Morgan fingerprint density at radius 2 is 2.24 bits per heavy atom. The van der Waals surface area contributed by atoms with E-state index in [9.17, 15) is 14.7 Å². The van der Waals surface area contributed by atoms with Crippen LogP contribution < -0.4 is 4.74 Å². The molecule has 1 N–H and O–H groups in total. The summed E-state index contributed by atoms with van der Waals surface area (Å²) in [5.74, 6) is -0.760. The normalized spacial score (nSPS) is 26.0. The number of carbonyl (C=O) groups excluding carboxylic acids is 1. The van der Waals surface area contributed by atoms with Crippen LogP contribution in [0.1, 0.15) is 29.6 Å². The molecule has 0 spiro atoms. The summed E-state index contributed by atoms with van der Waals surface area (Å²) >= 11 is 0. The lowest BCUT2D eigenvalue weighted by Gasteiger charge is -2.21. The third-order valence-electron chi connectivity index (χ3n) is 4.68. The number of hydrogen-bond donors (Lipinski definition) is 1. The maximum Gasteiger partial charge on any atom is 0.326 e. The summed E-state index contributed by atoms with van der Waals surface area (Å²) in [6.45, 7) is 1.48. The van der Waals surface area contributed by atoms with Gasteiger partial charge in [0.15, 0.2) is 0 Å². The number of carboxylic acid groups (broad SMARTS) is 1. The Labute approximate surface area is 146 Å². The molecular weight excluding hydrogens is 326 g/mol. The van der Waals surface area contributed by atoms with E-state index >= 15 is 0 Å². The average Bonchev–Trinajstić information content (AvgIpc) is 3.29. The predicted molar refractivity (Wildman–Crippen MR) is 88.8 cm³/mol. The van der Waals surface area contributed by atoms with Crippen molar-refractivity contribution >= 4 is 11.9 Å². The van der Waals surface area contributed by atoms with Crippen LogP contribution in [0.5, 0.6) is 5.75 Å². The molecule has 2 saturated heterocycles. The predicted octanol–water partition coefficient (Wildman–Crippen LogP) is 1.56. The van der Waals surface area contributed by atoms with E-state index in [0.717, 1.165) is 19.4 Å². The van der Waals surface area contributed by atoms with Gasteiger partial charge in [-0.15, -0.1) is 0 Å². The van der Waals surface area contributed by atoms with Gasteiger partial charge in [0.05, 0.1) is 12.2 Å². The lowest BCUT2D eigenvalue weighted by Crippen LogP contribution is -2.40. The van der Waals surface area contributed by atoms with Crippen molar-refractivity contribution in [3.8, 4) is 5.75 Å². The molecule has 2 aliphatic heterocycles. The first kappa shape index (κ1) is 17.7. The smallest absolute Gasteiger partial charge is 0.326 e. The largest absolute Gasteiger partial charge is 0.491 e. The third kappa shape index (κ3) is 4.11. The molecule has 0 aliphatic carbocycles. The van der Waals surface area contributed by atoms with Crippen molar-refractivity contribution in [1.29, 1.82) is 0 Å². The lowest BCUT2D eigenvalue weighted by atomic mass is 10.1. The number of methoxy groups -OCH3 is 1. The van der Waals surface area contributed by atoms with Crippen LogP contribution in [0.2, 0.25) is 0 Å². The molecule has 3 atom stereocenters. The highest BCUT2D eigenvalue weighted by molar-refractivity contribution is 5.97. The van der Waals surface area contributed by atoms with E-state index in [4.69, 9.17) is 14.2 Å². The highest BCUT2D eigenvalue weighted by Gasteiger charge is 2.40. The van der Waals surface area contributed by atoms with Gasteiger partial charge in [0.2, 0.25) is 0 Å². The number of likely N-dealkylation sites (tertiary alicyclic amines) is 1. The molecule has 0 saturated carbocycles. The number of amides is 1. The maximum atomic E-state index is 12.8. The van der Waals surface area contributed by atoms with Gasteiger partial charge in [0.25, 0.3) is 5.91 Å². The number of benzene rings is 1. The fourth-order valence-electron chi connectivity index (χ4n) is 3.28. The molecule has 3 rings (SSSR count). The number of carboxylic acids is 1. The Morgan fingerprint density at radius 1 is 1.40 bits per heavy atom. The lowest BCUT2D eigenvalue weighted by molar-refractivity contribution is -0.141. The Kier molecular flexibility index (Phi) is 5.55. The van der Waals surface area contributed by atoms with Crippen LogP contribution in [0.4, 0.5) is 0 Å². The summed E-state index contributed by atoms with van der Waals surface area (Å²) in [7, 11) is 1.52. The minimum atomic E-state index is -1.02. The second-order valence-electron chi connectivity index (χ2n) is 6.38. The number of ether oxygens (including phenoxy) is 3. The van der Waals surface area contributed by atoms with Crippen LogP contribution in [0, 0.1) is 0 Å². The molecule has 0 bridgehead atoms. The maximum absolute atomic E-state index is 12.8. The summed E-state index contributed by atoms with van der Waals surface area (Å²) in [6.07, 6.45) is 2.15. The molecule has 0 aromatic heterocycles. The van der Waals surface area contributed by atoms with Crippen LogP contribution in [0.25, 0.3) is 0 Å². The van der Waals surface area contributed by atoms with Gasteiger partial charge < -0.3 is 24.2 Å². The molecule has 2 fully saturated rings. The van der Waals surface area contributed by atoms with Crippen molar-refractivity contribution in [2.24, 2.45) is 0 Å². The van der Waals surface area contributed by atoms with Crippen LogP contribution in [-0.4, -0.2) is 67.0 Å². The van der Waals surface area contributed by atoms with Crippen molar-refractivity contribution < 1.29 is 28.9 Å². The van der Waals surface area contributed by atoms with Gasteiger partial charge in [-0.3, -0.25) is 4.79 Å². The van der Waals surface area contributed by atoms with E-state index in [2.05, 4.69) is 0 Å². The first-order valence-corrected chi connectivity index (χ1v) is 8.49. The van der Waals surface area contributed by atoms with Gasteiger partial charge in [-0.1, -0.05) is 6.07 Å². The first-order chi connectivity index (χ1) is 12.1. The topological polar surface area (TPSA) is 85.3 Å². The Hall–Kier alpha value is -2.12. The molecule has 1 aromatic carbocycles. The van der Waals surface area contributed by atoms with Crippen molar-refractivity contribution in [2.45, 2.75) is 37.5 Å². The molecule has 1 aromatic rings. The Balaban J connectivity index is 1.68. The minimum Gasteiger partial charge on any atom is -0.491 e. The molecule has 1 amide bonds. The zero-order chi connectivity index (χ0) is 17.8. The van der Waals surface area contributed by atoms with E-state index in [1.807, 2.05) is 0 Å². The number of aliphatic carboxylic acids is 1. The highest BCUT2D eigenvalue weighted by atomic mass is 16.5. The van der Waals surface area contributed by atoms with Gasteiger partial charge in [0, 0.05) is 32.2 Å². The summed E-state index contributed by atoms with van der Waals surface area (Å²) < 4.78 is 16.5. The molecule has 0 radical (unpaired) electrons. The molecule has 136 valence electrons. The fraction of sp³-hybridized carbons (Fsp3) is 0.556. The highest BCUT2D eigenvalue weighted by Crippen LogP contribution is 2.24. The second-order valence-corrected chi connectivity index (χ2v) is 6.38. The number of hydrogen-bond acceptors (Lipinski definition) is 5.